The number of piperidine rings is 1. The molecule has 1 saturated carbocycles. The van der Waals surface area contributed by atoms with E-state index < -0.39 is 6.09 Å². The Morgan fingerprint density at radius 2 is 1.57 bits per heavy atom. The van der Waals surface area contributed by atoms with Crippen molar-refractivity contribution in [3.63, 3.8) is 0 Å². The van der Waals surface area contributed by atoms with Gasteiger partial charge in [-0.3, -0.25) is 4.79 Å². The summed E-state index contributed by atoms with van der Waals surface area (Å²) in [6, 6.07) is 9.68. The van der Waals surface area contributed by atoms with Crippen LogP contribution in [0, 0.1) is 0 Å². The maximum absolute atomic E-state index is 12.4. The number of hydrogen-bond donors (Lipinski definition) is 3. The molecule has 1 aliphatic carbocycles. The first-order valence-electron chi connectivity index (χ1n) is 10.9. The molecule has 0 unspecified atom stereocenters. The Bertz CT molecular complexity index is 698. The van der Waals surface area contributed by atoms with Crippen LogP contribution >= 0.6 is 0 Å². The van der Waals surface area contributed by atoms with Gasteiger partial charge in [0.2, 0.25) is 5.91 Å². The predicted molar refractivity (Wildman–Crippen MR) is 113 cm³/mol. The van der Waals surface area contributed by atoms with Gasteiger partial charge in [0.25, 0.3) is 0 Å². The Hall–Kier alpha value is -2.77. The summed E-state index contributed by atoms with van der Waals surface area (Å²) >= 11 is 0. The maximum atomic E-state index is 12.4. The number of rotatable bonds is 6. The lowest BCUT2D eigenvalue weighted by atomic mass is 9.95. The van der Waals surface area contributed by atoms with E-state index >= 15 is 0 Å². The highest BCUT2D eigenvalue weighted by Gasteiger charge is 2.25. The zero-order valence-electron chi connectivity index (χ0n) is 17.4. The van der Waals surface area contributed by atoms with Crippen molar-refractivity contribution in [1.29, 1.82) is 0 Å². The van der Waals surface area contributed by atoms with Crippen LogP contribution in [-0.4, -0.2) is 54.6 Å². The molecule has 2 fully saturated rings. The number of nitrogens with one attached hydrogen (secondary N) is 3. The highest BCUT2D eigenvalue weighted by atomic mass is 16.5. The van der Waals surface area contributed by atoms with Crippen molar-refractivity contribution < 1.29 is 19.1 Å². The fraction of sp³-hybridized carbons (Fsp3) is 0.591. The Morgan fingerprint density at radius 3 is 2.27 bits per heavy atom. The number of carbonyl (C=O) groups is 3. The summed E-state index contributed by atoms with van der Waals surface area (Å²) in [7, 11) is 0. The number of nitrogens with zero attached hydrogens (tertiary/aromatic N) is 1. The molecule has 3 rings (SSSR count). The van der Waals surface area contributed by atoms with Gasteiger partial charge in [0.15, 0.2) is 0 Å². The molecule has 1 heterocycles. The predicted octanol–water partition coefficient (Wildman–Crippen LogP) is 2.54. The Morgan fingerprint density at radius 1 is 0.900 bits per heavy atom. The molecule has 30 heavy (non-hydrogen) atoms. The first-order chi connectivity index (χ1) is 14.6. The lowest BCUT2D eigenvalue weighted by Crippen LogP contribution is -2.52. The van der Waals surface area contributed by atoms with Crippen LogP contribution in [0.15, 0.2) is 30.3 Å². The highest BCUT2D eigenvalue weighted by Crippen LogP contribution is 2.18. The van der Waals surface area contributed by atoms with Crippen LogP contribution in [0.25, 0.3) is 0 Å². The second-order valence-corrected chi connectivity index (χ2v) is 8.03. The van der Waals surface area contributed by atoms with Crippen molar-refractivity contribution >= 4 is 18.0 Å². The number of amides is 4. The summed E-state index contributed by atoms with van der Waals surface area (Å²) < 4.78 is 5.09. The van der Waals surface area contributed by atoms with Gasteiger partial charge in [-0.1, -0.05) is 49.6 Å². The van der Waals surface area contributed by atoms with Gasteiger partial charge < -0.3 is 25.6 Å². The molecular weight excluding hydrogens is 384 g/mol. The Labute approximate surface area is 177 Å². The van der Waals surface area contributed by atoms with Crippen molar-refractivity contribution in [3.8, 4) is 0 Å². The van der Waals surface area contributed by atoms with E-state index in [1.165, 1.54) is 19.3 Å². The van der Waals surface area contributed by atoms with Gasteiger partial charge in [0.05, 0.1) is 0 Å². The van der Waals surface area contributed by atoms with E-state index in [4.69, 9.17) is 4.74 Å². The molecule has 0 aromatic heterocycles. The van der Waals surface area contributed by atoms with Gasteiger partial charge in [-0.15, -0.1) is 0 Å². The summed E-state index contributed by atoms with van der Waals surface area (Å²) in [5.74, 6) is -0.253. The number of urea groups is 1. The summed E-state index contributed by atoms with van der Waals surface area (Å²) in [5, 5.41) is 8.53. The normalized spacial score (nSPS) is 17.8. The molecule has 0 radical (unpaired) electrons. The number of likely N-dealkylation sites (tertiary alicyclic amines) is 1. The molecular formula is C22H32N4O4. The second-order valence-electron chi connectivity index (χ2n) is 8.03. The lowest BCUT2D eigenvalue weighted by molar-refractivity contribution is -0.121. The molecule has 4 amide bonds. The third-order valence-electron chi connectivity index (χ3n) is 5.69. The van der Waals surface area contributed by atoms with E-state index in [1.807, 2.05) is 35.2 Å². The summed E-state index contributed by atoms with van der Waals surface area (Å²) in [6.45, 7) is 1.28. The largest absolute Gasteiger partial charge is 0.445 e. The van der Waals surface area contributed by atoms with Crippen molar-refractivity contribution in [3.05, 3.63) is 35.9 Å². The Balaban J connectivity index is 1.28. The molecule has 8 nitrogen and oxygen atoms in total. The molecule has 0 bridgehead atoms. The zero-order valence-corrected chi connectivity index (χ0v) is 17.4. The molecule has 1 aromatic carbocycles. The van der Waals surface area contributed by atoms with Crippen LogP contribution in [0.3, 0.4) is 0 Å². The fourth-order valence-electron chi connectivity index (χ4n) is 3.95. The molecule has 1 aliphatic heterocycles. The van der Waals surface area contributed by atoms with Gasteiger partial charge in [-0.2, -0.15) is 0 Å². The third-order valence-corrected chi connectivity index (χ3v) is 5.69. The first kappa shape index (κ1) is 21.9. The average molecular weight is 417 g/mol. The van der Waals surface area contributed by atoms with Crippen LogP contribution in [0.5, 0.6) is 0 Å². The van der Waals surface area contributed by atoms with Crippen LogP contribution in [0.1, 0.15) is 50.5 Å². The lowest BCUT2D eigenvalue weighted by Gasteiger charge is -2.34. The molecule has 1 saturated heterocycles. The monoisotopic (exact) mass is 416 g/mol. The van der Waals surface area contributed by atoms with Gasteiger partial charge in [0, 0.05) is 25.2 Å². The van der Waals surface area contributed by atoms with E-state index in [-0.39, 0.29) is 31.1 Å². The number of alkyl carbamates (subject to hydrolysis) is 1. The standard InChI is InChI=1S/C22H32N4O4/c27-20(15-23-22(29)30-16-17-7-3-1-4-8-17)24-19-11-13-26(14-12-19)21(28)25-18-9-5-2-6-10-18/h1,3-4,7-8,18-19H,2,5-6,9-16H2,(H,23,29)(H,24,27)(H,25,28). The minimum absolute atomic E-state index is 0.00880. The van der Waals surface area contributed by atoms with Crippen LogP contribution in [0.4, 0.5) is 9.59 Å². The smallest absolute Gasteiger partial charge is 0.407 e. The van der Waals surface area contributed by atoms with Crippen molar-refractivity contribution in [1.82, 2.24) is 20.9 Å². The van der Waals surface area contributed by atoms with Crippen LogP contribution in [0.2, 0.25) is 0 Å². The van der Waals surface area contributed by atoms with E-state index in [1.54, 1.807) is 0 Å². The molecule has 2 aliphatic rings. The van der Waals surface area contributed by atoms with Gasteiger partial charge in [-0.25, -0.2) is 9.59 Å². The number of benzene rings is 1. The van der Waals surface area contributed by atoms with Crippen LogP contribution < -0.4 is 16.0 Å². The highest BCUT2D eigenvalue weighted by molar-refractivity contribution is 5.82. The van der Waals surface area contributed by atoms with Gasteiger partial charge >= 0.3 is 12.1 Å². The SMILES string of the molecule is O=C(CNC(=O)OCc1ccccc1)NC1CCN(C(=O)NC2CCCCC2)CC1. The second kappa shape index (κ2) is 11.4. The molecule has 1 aromatic rings. The van der Waals surface area contributed by atoms with Gasteiger partial charge in [-0.05, 0) is 31.2 Å². The quantitative estimate of drug-likeness (QED) is 0.663. The van der Waals surface area contributed by atoms with E-state index in [0.29, 0.717) is 32.0 Å². The number of hydrogen-bond acceptors (Lipinski definition) is 4. The van der Waals surface area contributed by atoms with E-state index in [9.17, 15) is 14.4 Å². The zero-order chi connectivity index (χ0) is 21.2. The topological polar surface area (TPSA) is 99.8 Å². The fourth-order valence-corrected chi connectivity index (χ4v) is 3.95. The van der Waals surface area contributed by atoms with Crippen LogP contribution in [-0.2, 0) is 16.1 Å². The average Bonchev–Trinajstić information content (AvgIpc) is 2.78. The summed E-state index contributed by atoms with van der Waals surface area (Å²) in [5.41, 5.74) is 0.886. The van der Waals surface area contributed by atoms with Crippen molar-refractivity contribution in [2.24, 2.45) is 0 Å². The minimum Gasteiger partial charge on any atom is -0.445 e. The van der Waals surface area contributed by atoms with E-state index in [0.717, 1.165) is 18.4 Å². The Kier molecular flexibility index (Phi) is 8.35. The maximum Gasteiger partial charge on any atom is 0.407 e. The van der Waals surface area contributed by atoms with E-state index in [2.05, 4.69) is 16.0 Å². The van der Waals surface area contributed by atoms with Crippen molar-refractivity contribution in [2.75, 3.05) is 19.6 Å². The molecule has 164 valence electrons. The molecule has 0 spiro atoms. The number of ether oxygens (including phenoxy) is 1. The first-order valence-corrected chi connectivity index (χ1v) is 10.9. The third kappa shape index (κ3) is 7.24. The number of carbonyl (C=O) groups excluding carboxylic acids is 3. The summed E-state index contributed by atoms with van der Waals surface area (Å²) in [4.78, 5) is 38.1. The molecule has 8 heteroatoms. The molecule has 0 atom stereocenters. The molecule has 3 N–H and O–H groups in total. The minimum atomic E-state index is -0.622. The van der Waals surface area contributed by atoms with Gasteiger partial charge in [0.1, 0.15) is 13.2 Å². The van der Waals surface area contributed by atoms with Crippen molar-refractivity contribution in [2.45, 2.75) is 63.6 Å². The summed E-state index contributed by atoms with van der Waals surface area (Å²) in [6.07, 6.45) is 6.57.